The van der Waals surface area contributed by atoms with Gasteiger partial charge in [-0.05, 0) is 29.3 Å². The second kappa shape index (κ2) is 11.2. The highest BCUT2D eigenvalue weighted by molar-refractivity contribution is 7.99. The number of rotatable bonds is 10. The fourth-order valence-electron chi connectivity index (χ4n) is 3.59. The normalized spacial score (nSPS) is 15.4. The highest BCUT2D eigenvalue weighted by Gasteiger charge is 2.32. The fourth-order valence-corrected chi connectivity index (χ4v) is 4.33. The van der Waals surface area contributed by atoms with Crippen LogP contribution in [0, 0.1) is 5.82 Å². The molecule has 3 aromatic rings. The number of thioether (sulfide) groups is 1. The summed E-state index contributed by atoms with van der Waals surface area (Å²) in [6.07, 6.45) is 2.45. The van der Waals surface area contributed by atoms with E-state index in [4.69, 9.17) is 4.74 Å². The van der Waals surface area contributed by atoms with Crippen molar-refractivity contribution in [2.75, 3.05) is 30.3 Å². The molecule has 0 radical (unpaired) electrons. The Hall–Kier alpha value is -3.37. The van der Waals surface area contributed by atoms with Crippen molar-refractivity contribution in [3.05, 3.63) is 66.4 Å². The molecular formula is C24H26FN5O3S. The van der Waals surface area contributed by atoms with Crippen LogP contribution in [0.3, 0.4) is 0 Å². The smallest absolute Gasteiger partial charge is 0.414 e. The lowest BCUT2D eigenvalue weighted by atomic mass is 10.0. The molecule has 34 heavy (non-hydrogen) atoms. The summed E-state index contributed by atoms with van der Waals surface area (Å²) in [6.45, 7) is 3.45. The van der Waals surface area contributed by atoms with Crippen molar-refractivity contribution in [3.8, 4) is 11.1 Å². The van der Waals surface area contributed by atoms with Crippen LogP contribution in [0.1, 0.15) is 12.5 Å². The minimum atomic E-state index is -0.553. The summed E-state index contributed by atoms with van der Waals surface area (Å²) in [5.41, 5.74) is 2.75. The molecule has 2 amide bonds. The summed E-state index contributed by atoms with van der Waals surface area (Å²) in [6, 6.07) is 12.4. The molecule has 1 saturated heterocycles. The molecule has 178 valence electrons. The van der Waals surface area contributed by atoms with Crippen molar-refractivity contribution in [1.29, 1.82) is 0 Å². The number of aromatic amines is 1. The van der Waals surface area contributed by atoms with Crippen LogP contribution >= 0.6 is 11.8 Å². The Morgan fingerprint density at radius 2 is 2.12 bits per heavy atom. The van der Waals surface area contributed by atoms with Crippen LogP contribution in [0.2, 0.25) is 0 Å². The molecule has 2 heterocycles. The van der Waals surface area contributed by atoms with Crippen LogP contribution in [0.15, 0.2) is 60.0 Å². The molecule has 1 aromatic heterocycles. The van der Waals surface area contributed by atoms with E-state index < -0.39 is 18.0 Å². The number of aromatic nitrogens is 2. The van der Waals surface area contributed by atoms with Crippen molar-refractivity contribution < 1.29 is 18.7 Å². The monoisotopic (exact) mass is 483 g/mol. The molecule has 4 rings (SSSR count). The lowest BCUT2D eigenvalue weighted by Gasteiger charge is -2.15. The van der Waals surface area contributed by atoms with Gasteiger partial charge in [-0.1, -0.05) is 24.3 Å². The Bertz CT molecular complexity index is 1120. The van der Waals surface area contributed by atoms with Gasteiger partial charge in [0, 0.05) is 31.3 Å². The molecule has 0 aliphatic carbocycles. The first-order chi connectivity index (χ1) is 16.5. The fraction of sp³-hybridized carbons (Fsp3) is 0.292. The van der Waals surface area contributed by atoms with Gasteiger partial charge in [-0.3, -0.25) is 9.69 Å². The van der Waals surface area contributed by atoms with Crippen LogP contribution in [-0.4, -0.2) is 53.5 Å². The van der Waals surface area contributed by atoms with Crippen molar-refractivity contribution in [2.45, 2.75) is 24.6 Å². The van der Waals surface area contributed by atoms with Gasteiger partial charge in [0.25, 0.3) is 0 Å². The summed E-state index contributed by atoms with van der Waals surface area (Å²) in [5.74, 6) is 0.310. The first-order valence-corrected chi connectivity index (χ1v) is 11.9. The van der Waals surface area contributed by atoms with Gasteiger partial charge in [-0.2, -0.15) is 0 Å². The zero-order chi connectivity index (χ0) is 23.9. The zero-order valence-corrected chi connectivity index (χ0v) is 19.5. The zero-order valence-electron chi connectivity index (χ0n) is 18.7. The maximum atomic E-state index is 14.9. The van der Waals surface area contributed by atoms with Crippen LogP contribution in [0.25, 0.3) is 11.1 Å². The largest absolute Gasteiger partial charge is 0.442 e. The van der Waals surface area contributed by atoms with Gasteiger partial charge in [0.2, 0.25) is 5.91 Å². The van der Waals surface area contributed by atoms with Crippen LogP contribution in [0.5, 0.6) is 0 Å². The molecule has 0 unspecified atom stereocenters. The highest BCUT2D eigenvalue weighted by Crippen LogP contribution is 2.29. The Morgan fingerprint density at radius 1 is 1.29 bits per heavy atom. The second-order valence-corrected chi connectivity index (χ2v) is 8.99. The quantitative estimate of drug-likeness (QED) is 0.301. The van der Waals surface area contributed by atoms with Gasteiger partial charge >= 0.3 is 6.09 Å². The number of benzene rings is 2. The van der Waals surface area contributed by atoms with Crippen molar-refractivity contribution in [1.82, 2.24) is 20.6 Å². The molecule has 8 nitrogen and oxygen atoms in total. The number of anilines is 1. The van der Waals surface area contributed by atoms with Crippen molar-refractivity contribution >= 4 is 29.4 Å². The molecule has 10 heteroatoms. The Kier molecular flexibility index (Phi) is 7.81. The highest BCUT2D eigenvalue weighted by atomic mass is 32.2. The van der Waals surface area contributed by atoms with E-state index in [9.17, 15) is 14.0 Å². The van der Waals surface area contributed by atoms with Gasteiger partial charge in [0.05, 0.1) is 36.3 Å². The van der Waals surface area contributed by atoms with Crippen molar-refractivity contribution in [3.63, 3.8) is 0 Å². The van der Waals surface area contributed by atoms with E-state index in [-0.39, 0.29) is 19.0 Å². The number of amides is 2. The maximum absolute atomic E-state index is 14.9. The number of H-pyrrole nitrogens is 1. The Labute approximate surface area is 201 Å². The molecule has 2 aromatic carbocycles. The summed E-state index contributed by atoms with van der Waals surface area (Å²) in [4.78, 5) is 31.7. The van der Waals surface area contributed by atoms with Gasteiger partial charge < -0.3 is 20.4 Å². The van der Waals surface area contributed by atoms with Crippen LogP contribution in [-0.2, 0) is 16.1 Å². The number of nitrogens with zero attached hydrogens (tertiary/aromatic N) is 2. The Balaban J connectivity index is 1.31. The second-order valence-electron chi connectivity index (χ2n) is 7.86. The third-order valence-electron chi connectivity index (χ3n) is 5.32. The van der Waals surface area contributed by atoms with Crippen LogP contribution < -0.4 is 15.5 Å². The van der Waals surface area contributed by atoms with E-state index >= 15 is 0 Å². The number of cyclic esters (lactones) is 1. The van der Waals surface area contributed by atoms with Gasteiger partial charge in [-0.15, -0.1) is 11.8 Å². The molecular weight excluding hydrogens is 457 g/mol. The number of nitrogens with one attached hydrogen (secondary N) is 3. The average molecular weight is 484 g/mol. The molecule has 1 aliphatic heterocycles. The van der Waals surface area contributed by atoms with Crippen molar-refractivity contribution in [2.24, 2.45) is 0 Å². The van der Waals surface area contributed by atoms with Crippen LogP contribution in [0.4, 0.5) is 14.9 Å². The SMILES string of the molecule is CC(=O)NC[C@H]1CN(c2ccc(-c3ccc(CNCCSc4cnc[nH]4)cc3)c(F)c2)C(=O)O1. The number of carbonyl (C=O) groups excluding carboxylic acids is 2. The molecule has 0 spiro atoms. The Morgan fingerprint density at radius 3 is 2.82 bits per heavy atom. The summed E-state index contributed by atoms with van der Waals surface area (Å²) in [5, 5.41) is 7.07. The lowest BCUT2D eigenvalue weighted by molar-refractivity contribution is -0.119. The van der Waals surface area contributed by atoms with E-state index in [1.807, 2.05) is 24.3 Å². The molecule has 0 bridgehead atoms. The lowest BCUT2D eigenvalue weighted by Crippen LogP contribution is -2.33. The number of imidazole rings is 1. The number of halogens is 1. The third kappa shape index (κ3) is 6.15. The summed E-state index contributed by atoms with van der Waals surface area (Å²) in [7, 11) is 0. The molecule has 1 fully saturated rings. The molecule has 1 atom stereocenters. The molecule has 0 saturated carbocycles. The predicted molar refractivity (Wildman–Crippen MR) is 129 cm³/mol. The number of carbonyl (C=O) groups is 2. The standard InChI is InChI=1S/C24H26FN5O3S/c1-16(31)28-12-20-14-30(24(32)33-20)19-6-7-21(22(25)10-19)18-4-2-17(3-5-18)11-26-8-9-34-23-13-27-15-29-23/h2-7,10,13,15,20,26H,8-9,11-12,14H2,1H3,(H,27,29)(H,28,31)/t20-/m0/s1. The van der Waals surface area contributed by atoms with Gasteiger partial charge in [0.15, 0.2) is 0 Å². The van der Waals surface area contributed by atoms with E-state index in [0.29, 0.717) is 11.3 Å². The summed E-state index contributed by atoms with van der Waals surface area (Å²) < 4.78 is 20.2. The third-order valence-corrected chi connectivity index (χ3v) is 6.26. The van der Waals surface area contributed by atoms with E-state index in [0.717, 1.165) is 35.0 Å². The van der Waals surface area contributed by atoms with E-state index in [1.165, 1.54) is 17.9 Å². The minimum absolute atomic E-state index is 0.198. The number of hydrogen-bond donors (Lipinski definition) is 3. The average Bonchev–Trinajstić information content (AvgIpc) is 3.47. The van der Waals surface area contributed by atoms with Gasteiger partial charge in [-0.25, -0.2) is 14.2 Å². The van der Waals surface area contributed by atoms with E-state index in [2.05, 4.69) is 20.6 Å². The number of ether oxygens (including phenoxy) is 1. The summed E-state index contributed by atoms with van der Waals surface area (Å²) >= 11 is 1.71. The minimum Gasteiger partial charge on any atom is -0.442 e. The molecule has 3 N–H and O–H groups in total. The first-order valence-electron chi connectivity index (χ1n) is 10.9. The first kappa shape index (κ1) is 23.8. The van der Waals surface area contributed by atoms with E-state index in [1.54, 1.807) is 36.4 Å². The van der Waals surface area contributed by atoms with Gasteiger partial charge in [0.1, 0.15) is 11.9 Å². The number of hydrogen-bond acceptors (Lipinski definition) is 6. The predicted octanol–water partition coefficient (Wildman–Crippen LogP) is 3.56. The maximum Gasteiger partial charge on any atom is 0.414 e. The topological polar surface area (TPSA) is 99.4 Å². The molecule has 1 aliphatic rings.